The summed E-state index contributed by atoms with van der Waals surface area (Å²) in [5.74, 6) is -2.41. The van der Waals surface area contributed by atoms with Crippen molar-refractivity contribution >= 4 is 33.5 Å². The SMILES string of the molecule is CCOC(=O)[C@H]1C2=C(S[C@@H](c3ccccc3)C2)[C@@H](c2ccccc2C)[C@H](C(=O)OCC)S1(=O)=O. The summed E-state index contributed by atoms with van der Waals surface area (Å²) in [6.07, 6.45) is 0.394. The fourth-order valence-electron chi connectivity index (χ4n) is 4.83. The Balaban J connectivity index is 1.94. The largest absolute Gasteiger partial charge is 0.465 e. The normalized spacial score (nSPS) is 25.5. The highest BCUT2D eigenvalue weighted by Gasteiger charge is 2.58. The molecule has 0 bridgehead atoms. The second-order valence-electron chi connectivity index (χ2n) is 8.34. The molecular formula is C26H28O6S2. The molecule has 0 spiro atoms. The second kappa shape index (κ2) is 9.96. The molecule has 2 aliphatic heterocycles. The minimum absolute atomic E-state index is 0.0428. The van der Waals surface area contributed by atoms with Crippen molar-refractivity contribution in [2.75, 3.05) is 13.2 Å². The smallest absolute Gasteiger partial charge is 0.328 e. The molecule has 4 rings (SSSR count). The van der Waals surface area contributed by atoms with E-state index in [9.17, 15) is 18.0 Å². The van der Waals surface area contributed by atoms with Crippen LogP contribution in [0.1, 0.15) is 48.1 Å². The molecule has 6 nitrogen and oxygen atoms in total. The van der Waals surface area contributed by atoms with Gasteiger partial charge in [0.05, 0.1) is 13.2 Å². The zero-order valence-electron chi connectivity index (χ0n) is 19.4. The van der Waals surface area contributed by atoms with E-state index in [2.05, 4.69) is 0 Å². The summed E-state index contributed by atoms with van der Waals surface area (Å²) in [5, 5.41) is -3.10. The highest BCUT2D eigenvalue weighted by Crippen LogP contribution is 2.59. The van der Waals surface area contributed by atoms with Crippen LogP contribution >= 0.6 is 11.8 Å². The van der Waals surface area contributed by atoms with Crippen molar-refractivity contribution in [3.63, 3.8) is 0 Å². The van der Waals surface area contributed by atoms with Crippen LogP contribution in [0.3, 0.4) is 0 Å². The van der Waals surface area contributed by atoms with Gasteiger partial charge in [-0.3, -0.25) is 9.59 Å². The van der Waals surface area contributed by atoms with Crippen molar-refractivity contribution in [3.8, 4) is 0 Å². The van der Waals surface area contributed by atoms with E-state index in [0.29, 0.717) is 12.0 Å². The van der Waals surface area contributed by atoms with E-state index >= 15 is 0 Å². The number of carbonyl (C=O) groups is 2. The average molecular weight is 501 g/mol. The van der Waals surface area contributed by atoms with Crippen molar-refractivity contribution in [3.05, 3.63) is 81.8 Å². The van der Waals surface area contributed by atoms with Crippen LogP contribution in [0.15, 0.2) is 65.1 Å². The van der Waals surface area contributed by atoms with Gasteiger partial charge in [0.2, 0.25) is 0 Å². The van der Waals surface area contributed by atoms with Crippen LogP contribution in [0.5, 0.6) is 0 Å². The third-order valence-electron chi connectivity index (χ3n) is 6.29. The third kappa shape index (κ3) is 4.29. The van der Waals surface area contributed by atoms with Crippen molar-refractivity contribution in [1.29, 1.82) is 0 Å². The number of carbonyl (C=O) groups excluding carboxylic acids is 2. The number of rotatable bonds is 6. The van der Waals surface area contributed by atoms with Gasteiger partial charge in [-0.25, -0.2) is 8.42 Å². The van der Waals surface area contributed by atoms with Crippen molar-refractivity contribution < 1.29 is 27.5 Å². The molecule has 4 atom stereocenters. The lowest BCUT2D eigenvalue weighted by Crippen LogP contribution is -2.50. The number of aryl methyl sites for hydroxylation is 1. The molecule has 0 radical (unpaired) electrons. The van der Waals surface area contributed by atoms with E-state index in [1.54, 1.807) is 13.8 Å². The highest BCUT2D eigenvalue weighted by atomic mass is 32.2. The van der Waals surface area contributed by atoms with Crippen molar-refractivity contribution in [2.24, 2.45) is 0 Å². The first-order valence-electron chi connectivity index (χ1n) is 11.4. The number of thioether (sulfide) groups is 1. The summed E-state index contributed by atoms with van der Waals surface area (Å²) >= 11 is 1.54. The van der Waals surface area contributed by atoms with Crippen LogP contribution in [-0.4, -0.2) is 44.1 Å². The van der Waals surface area contributed by atoms with E-state index < -0.39 is 38.2 Å². The Kier molecular flexibility index (Phi) is 7.19. The van der Waals surface area contributed by atoms with E-state index in [0.717, 1.165) is 21.6 Å². The van der Waals surface area contributed by atoms with Gasteiger partial charge in [0.1, 0.15) is 0 Å². The van der Waals surface area contributed by atoms with Crippen LogP contribution < -0.4 is 0 Å². The average Bonchev–Trinajstić information content (AvgIpc) is 3.23. The molecule has 180 valence electrons. The predicted octanol–water partition coefficient (Wildman–Crippen LogP) is 4.50. The molecule has 2 heterocycles. The lowest BCUT2D eigenvalue weighted by Gasteiger charge is -2.35. The summed E-state index contributed by atoms with van der Waals surface area (Å²) in [6, 6.07) is 17.3. The molecule has 0 aliphatic carbocycles. The van der Waals surface area contributed by atoms with Gasteiger partial charge < -0.3 is 9.47 Å². The first kappa shape index (κ1) is 24.5. The molecule has 0 fully saturated rings. The number of esters is 2. The molecular weight excluding hydrogens is 472 g/mol. The summed E-state index contributed by atoms with van der Waals surface area (Å²) in [4.78, 5) is 27.0. The fourth-order valence-corrected chi connectivity index (χ4v) is 8.87. The molecule has 0 saturated heterocycles. The summed E-state index contributed by atoms with van der Waals surface area (Å²) in [7, 11) is -4.30. The van der Waals surface area contributed by atoms with Crippen molar-refractivity contribution in [1.82, 2.24) is 0 Å². The minimum atomic E-state index is -4.30. The standard InChI is InChI=1S/C26H28O6S2/c1-4-31-25(27)23-19-15-20(17-12-7-6-8-13-17)33-22(19)21(18-14-10-9-11-16(18)3)24(34(23,29)30)26(28)32-5-2/h6-14,20-21,23-24H,4-5,15H2,1-3H3/t20-,21-,23-,24-/m1/s1. The van der Waals surface area contributed by atoms with Crippen LogP contribution in [-0.2, 0) is 28.9 Å². The molecule has 0 saturated carbocycles. The number of benzene rings is 2. The topological polar surface area (TPSA) is 86.7 Å². The van der Waals surface area contributed by atoms with Gasteiger partial charge in [-0.2, -0.15) is 0 Å². The Morgan fingerprint density at radius 3 is 2.21 bits per heavy atom. The molecule has 0 N–H and O–H groups in total. The van der Waals surface area contributed by atoms with Gasteiger partial charge >= 0.3 is 11.9 Å². The molecule has 0 unspecified atom stereocenters. The van der Waals surface area contributed by atoms with Gasteiger partial charge in [-0.15, -0.1) is 11.8 Å². The number of sulfone groups is 1. The number of ether oxygens (including phenoxy) is 2. The number of allylic oxidation sites excluding steroid dienone is 1. The highest BCUT2D eigenvalue weighted by molar-refractivity contribution is 8.04. The Bertz CT molecular complexity index is 1220. The first-order valence-corrected chi connectivity index (χ1v) is 13.9. The van der Waals surface area contributed by atoms with E-state index in [1.165, 1.54) is 11.8 Å². The van der Waals surface area contributed by atoms with Crippen LogP contribution in [0.25, 0.3) is 0 Å². The van der Waals surface area contributed by atoms with Crippen molar-refractivity contribution in [2.45, 2.75) is 48.9 Å². The number of hydrogen-bond donors (Lipinski definition) is 0. The number of hydrogen-bond acceptors (Lipinski definition) is 7. The van der Waals surface area contributed by atoms with Crippen LogP contribution in [0, 0.1) is 6.92 Å². The molecule has 0 amide bonds. The van der Waals surface area contributed by atoms with Gasteiger partial charge in [0, 0.05) is 11.2 Å². The third-order valence-corrected chi connectivity index (χ3v) is 10.1. The van der Waals surface area contributed by atoms with E-state index in [4.69, 9.17) is 9.47 Å². The quantitative estimate of drug-likeness (QED) is 0.540. The van der Waals surface area contributed by atoms with Gasteiger partial charge in [-0.05, 0) is 54.4 Å². The van der Waals surface area contributed by atoms with Gasteiger partial charge in [-0.1, -0.05) is 54.6 Å². The van der Waals surface area contributed by atoms with Gasteiger partial charge in [0.15, 0.2) is 20.3 Å². The molecule has 2 aliphatic rings. The van der Waals surface area contributed by atoms with Gasteiger partial charge in [0.25, 0.3) is 0 Å². The maximum atomic E-state index is 14.0. The maximum absolute atomic E-state index is 14.0. The predicted molar refractivity (Wildman–Crippen MR) is 132 cm³/mol. The van der Waals surface area contributed by atoms with Crippen LogP contribution in [0.2, 0.25) is 0 Å². The summed E-state index contributed by atoms with van der Waals surface area (Å²) in [5.41, 5.74) is 3.20. The zero-order valence-corrected chi connectivity index (χ0v) is 21.0. The lowest BCUT2D eigenvalue weighted by atomic mass is 9.87. The Hall–Kier alpha value is -2.58. The molecule has 8 heteroatoms. The fraction of sp³-hybridized carbons (Fsp3) is 0.385. The minimum Gasteiger partial charge on any atom is -0.465 e. The Labute approximate surface area is 204 Å². The monoisotopic (exact) mass is 500 g/mol. The summed E-state index contributed by atoms with van der Waals surface area (Å²) in [6.45, 7) is 5.27. The summed E-state index contributed by atoms with van der Waals surface area (Å²) < 4.78 is 38.4. The molecule has 2 aromatic carbocycles. The molecule has 0 aromatic heterocycles. The maximum Gasteiger partial charge on any atom is 0.328 e. The zero-order chi connectivity index (χ0) is 24.5. The van der Waals surface area contributed by atoms with E-state index in [-0.39, 0.29) is 18.5 Å². The molecule has 2 aromatic rings. The molecule has 34 heavy (non-hydrogen) atoms. The second-order valence-corrected chi connectivity index (χ2v) is 11.7. The first-order chi connectivity index (χ1) is 16.3. The Morgan fingerprint density at radius 1 is 0.941 bits per heavy atom. The van der Waals surface area contributed by atoms with Crippen LogP contribution in [0.4, 0.5) is 0 Å². The van der Waals surface area contributed by atoms with E-state index in [1.807, 2.05) is 61.5 Å². The lowest BCUT2D eigenvalue weighted by molar-refractivity contribution is -0.142. The Morgan fingerprint density at radius 2 is 1.56 bits per heavy atom.